The molecule has 0 spiro atoms. The molecule has 3 heterocycles. The van der Waals surface area contributed by atoms with Crippen molar-refractivity contribution < 1.29 is 9.59 Å². The summed E-state index contributed by atoms with van der Waals surface area (Å²) in [4.78, 5) is 30.9. The van der Waals surface area contributed by atoms with Crippen LogP contribution in [0.3, 0.4) is 0 Å². The molecule has 2 amide bonds. The fraction of sp³-hybridized carbons (Fsp3) is 0.250. The summed E-state index contributed by atoms with van der Waals surface area (Å²) in [6.07, 6.45) is 1.70. The number of thiophene rings is 1. The van der Waals surface area contributed by atoms with Gasteiger partial charge >= 0.3 is 0 Å². The molecule has 0 aliphatic heterocycles. The Balaban J connectivity index is 1.58. The number of nitrogens with one attached hydrogen (secondary N) is 2. The van der Waals surface area contributed by atoms with Crippen LogP contribution in [-0.4, -0.2) is 26.6 Å². The first-order chi connectivity index (χ1) is 15.5. The van der Waals surface area contributed by atoms with Crippen LogP contribution in [0.25, 0.3) is 21.6 Å². The van der Waals surface area contributed by atoms with Crippen LogP contribution < -0.4 is 10.6 Å². The second kappa shape index (κ2) is 9.32. The molecule has 8 heteroatoms. The van der Waals surface area contributed by atoms with Crippen LogP contribution in [0.1, 0.15) is 36.7 Å². The molecule has 164 valence electrons. The van der Waals surface area contributed by atoms with Crippen molar-refractivity contribution in [3.8, 4) is 10.6 Å². The molecule has 0 fully saturated rings. The van der Waals surface area contributed by atoms with E-state index in [1.54, 1.807) is 22.2 Å². The van der Waals surface area contributed by atoms with E-state index in [1.165, 1.54) is 0 Å². The van der Waals surface area contributed by atoms with E-state index in [4.69, 9.17) is 4.98 Å². The average Bonchev–Trinajstić information content (AvgIpc) is 3.47. The largest absolute Gasteiger partial charge is 0.348 e. The Kier molecular flexibility index (Phi) is 6.32. The van der Waals surface area contributed by atoms with E-state index in [0.717, 1.165) is 21.5 Å². The van der Waals surface area contributed by atoms with Crippen LogP contribution in [0.5, 0.6) is 0 Å². The Labute approximate surface area is 190 Å². The number of anilines is 1. The lowest BCUT2D eigenvalue weighted by molar-refractivity contribution is -0.118. The van der Waals surface area contributed by atoms with Gasteiger partial charge in [-0.25, -0.2) is 9.67 Å². The highest BCUT2D eigenvalue weighted by Crippen LogP contribution is 2.28. The molecule has 32 heavy (non-hydrogen) atoms. The summed E-state index contributed by atoms with van der Waals surface area (Å²) < 4.78 is 1.80. The fourth-order valence-electron chi connectivity index (χ4n) is 3.34. The van der Waals surface area contributed by atoms with Crippen LogP contribution in [-0.2, 0) is 17.9 Å². The Morgan fingerprint density at radius 1 is 1.16 bits per heavy atom. The summed E-state index contributed by atoms with van der Waals surface area (Å²) in [5, 5.41) is 13.0. The van der Waals surface area contributed by atoms with Gasteiger partial charge < -0.3 is 10.6 Å². The van der Waals surface area contributed by atoms with Gasteiger partial charge in [-0.3, -0.25) is 9.59 Å². The van der Waals surface area contributed by atoms with Crippen molar-refractivity contribution in [3.63, 3.8) is 0 Å². The number of nitrogens with zero attached hydrogens (tertiary/aromatic N) is 3. The number of carbonyl (C=O) groups is 2. The normalized spacial score (nSPS) is 11.1. The molecule has 4 rings (SSSR count). The van der Waals surface area contributed by atoms with Crippen molar-refractivity contribution in [2.45, 2.75) is 33.9 Å². The molecular formula is C24H25N5O2S. The summed E-state index contributed by atoms with van der Waals surface area (Å²) in [5.74, 6) is -0.337. The Morgan fingerprint density at radius 2 is 2.00 bits per heavy atom. The minimum atomic E-state index is -0.192. The monoisotopic (exact) mass is 447 g/mol. The zero-order chi connectivity index (χ0) is 22.7. The van der Waals surface area contributed by atoms with Gasteiger partial charge in [-0.2, -0.15) is 5.10 Å². The maximum atomic E-state index is 13.2. The number of amides is 2. The second-order valence-corrected chi connectivity index (χ2v) is 8.70. The lowest BCUT2D eigenvalue weighted by Gasteiger charge is -2.11. The van der Waals surface area contributed by atoms with Gasteiger partial charge in [-0.15, -0.1) is 11.3 Å². The standard InChI is InChI=1S/C24H25N5O2S/c1-4-29-22-19(14-26-29)18(12-20(28-22)21-9-6-10-32-21)24(31)25-13-16-7-5-8-17(11-16)27-23(30)15(2)3/h5-12,14-15H,4,13H2,1-3H3,(H,25,31)(H,27,30). The van der Waals surface area contributed by atoms with Crippen molar-refractivity contribution in [3.05, 3.63) is 65.2 Å². The highest BCUT2D eigenvalue weighted by atomic mass is 32.1. The zero-order valence-corrected chi connectivity index (χ0v) is 19.1. The molecule has 4 aromatic rings. The maximum absolute atomic E-state index is 13.2. The molecule has 0 saturated carbocycles. The Hall–Kier alpha value is -3.52. The van der Waals surface area contributed by atoms with Crippen molar-refractivity contribution in [2.24, 2.45) is 5.92 Å². The molecule has 7 nitrogen and oxygen atoms in total. The first-order valence-electron chi connectivity index (χ1n) is 10.5. The van der Waals surface area contributed by atoms with E-state index in [-0.39, 0.29) is 17.7 Å². The molecular weight excluding hydrogens is 422 g/mol. The van der Waals surface area contributed by atoms with Gasteiger partial charge in [0.05, 0.1) is 27.7 Å². The van der Waals surface area contributed by atoms with Crippen LogP contribution in [0.4, 0.5) is 5.69 Å². The number of hydrogen-bond donors (Lipinski definition) is 2. The first-order valence-corrected chi connectivity index (χ1v) is 11.4. The van der Waals surface area contributed by atoms with Crippen molar-refractivity contribution >= 4 is 39.9 Å². The molecule has 0 saturated heterocycles. The lowest BCUT2D eigenvalue weighted by Crippen LogP contribution is -2.23. The molecule has 1 aromatic carbocycles. The van der Waals surface area contributed by atoms with Crippen LogP contribution in [0.2, 0.25) is 0 Å². The number of carbonyl (C=O) groups excluding carboxylic acids is 2. The number of benzene rings is 1. The van der Waals surface area contributed by atoms with Crippen molar-refractivity contribution in [2.75, 3.05) is 5.32 Å². The number of aromatic nitrogens is 3. The van der Waals surface area contributed by atoms with Crippen molar-refractivity contribution in [1.82, 2.24) is 20.1 Å². The highest BCUT2D eigenvalue weighted by Gasteiger charge is 2.17. The molecule has 0 unspecified atom stereocenters. The summed E-state index contributed by atoms with van der Waals surface area (Å²) >= 11 is 1.58. The van der Waals surface area contributed by atoms with Gasteiger partial charge in [0.25, 0.3) is 5.91 Å². The van der Waals surface area contributed by atoms with Gasteiger partial charge in [-0.1, -0.05) is 32.0 Å². The van der Waals surface area contributed by atoms with E-state index in [0.29, 0.717) is 30.0 Å². The SMILES string of the molecule is CCn1ncc2c(C(=O)NCc3cccc(NC(=O)C(C)C)c3)cc(-c3cccs3)nc21. The molecule has 0 bridgehead atoms. The van der Waals surface area contributed by atoms with E-state index in [1.807, 2.05) is 68.6 Å². The van der Waals surface area contributed by atoms with Crippen LogP contribution in [0, 0.1) is 5.92 Å². The number of pyridine rings is 1. The van der Waals surface area contributed by atoms with E-state index in [9.17, 15) is 9.59 Å². The number of fused-ring (bicyclic) bond motifs is 1. The summed E-state index contributed by atoms with van der Waals surface area (Å²) in [7, 11) is 0. The predicted octanol–water partition coefficient (Wildman–Crippen LogP) is 4.70. The quantitative estimate of drug-likeness (QED) is 0.430. The zero-order valence-electron chi connectivity index (χ0n) is 18.3. The van der Waals surface area contributed by atoms with Crippen molar-refractivity contribution in [1.29, 1.82) is 0 Å². The molecule has 0 aliphatic rings. The minimum absolute atomic E-state index is 0.0422. The third-order valence-electron chi connectivity index (χ3n) is 5.10. The minimum Gasteiger partial charge on any atom is -0.348 e. The summed E-state index contributed by atoms with van der Waals surface area (Å²) in [6.45, 7) is 6.70. The highest BCUT2D eigenvalue weighted by molar-refractivity contribution is 7.13. The van der Waals surface area contributed by atoms with Gasteiger partial charge in [0.2, 0.25) is 5.91 Å². The third kappa shape index (κ3) is 4.55. The predicted molar refractivity (Wildman–Crippen MR) is 128 cm³/mol. The second-order valence-electron chi connectivity index (χ2n) is 7.76. The molecule has 0 atom stereocenters. The first kappa shape index (κ1) is 21.7. The van der Waals surface area contributed by atoms with Gasteiger partial charge in [0, 0.05) is 24.7 Å². The maximum Gasteiger partial charge on any atom is 0.252 e. The fourth-order valence-corrected chi connectivity index (χ4v) is 4.03. The third-order valence-corrected chi connectivity index (χ3v) is 5.99. The molecule has 2 N–H and O–H groups in total. The summed E-state index contributed by atoms with van der Waals surface area (Å²) in [6, 6.07) is 13.3. The number of aryl methyl sites for hydroxylation is 1. The van der Waals surface area contributed by atoms with Gasteiger partial charge in [0.1, 0.15) is 0 Å². The smallest absolute Gasteiger partial charge is 0.252 e. The van der Waals surface area contributed by atoms with Crippen LogP contribution in [0.15, 0.2) is 54.0 Å². The molecule has 0 radical (unpaired) electrons. The van der Waals surface area contributed by atoms with E-state index in [2.05, 4.69) is 15.7 Å². The topological polar surface area (TPSA) is 88.9 Å². The van der Waals surface area contributed by atoms with E-state index < -0.39 is 0 Å². The Bertz CT molecular complexity index is 1260. The summed E-state index contributed by atoms with van der Waals surface area (Å²) in [5.41, 5.74) is 3.61. The molecule has 0 aliphatic carbocycles. The number of rotatable bonds is 7. The average molecular weight is 448 g/mol. The van der Waals surface area contributed by atoms with E-state index >= 15 is 0 Å². The number of hydrogen-bond acceptors (Lipinski definition) is 5. The van der Waals surface area contributed by atoms with Gasteiger partial charge in [-0.05, 0) is 42.1 Å². The van der Waals surface area contributed by atoms with Gasteiger partial charge in [0.15, 0.2) is 5.65 Å². The Morgan fingerprint density at radius 3 is 2.72 bits per heavy atom. The lowest BCUT2D eigenvalue weighted by atomic mass is 10.1. The van der Waals surface area contributed by atoms with Crippen LogP contribution >= 0.6 is 11.3 Å². The molecule has 3 aromatic heterocycles.